The first-order chi connectivity index (χ1) is 14.0. The molecule has 0 unspecified atom stereocenters. The van der Waals surface area contributed by atoms with E-state index in [9.17, 15) is 0 Å². The second-order valence-corrected chi connectivity index (χ2v) is 7.78. The van der Waals surface area contributed by atoms with E-state index in [1.54, 1.807) is 7.11 Å². The van der Waals surface area contributed by atoms with Gasteiger partial charge >= 0.3 is 0 Å². The summed E-state index contributed by atoms with van der Waals surface area (Å²) in [5, 5.41) is 3.48. The minimum Gasteiger partial charge on any atom is -0.493 e. The second kappa shape index (κ2) is 14.9. The van der Waals surface area contributed by atoms with Gasteiger partial charge in [-0.2, -0.15) is 0 Å². The second-order valence-electron chi connectivity index (χ2n) is 7.78. The normalized spacial score (nSPS) is 15.1. The van der Waals surface area contributed by atoms with Crippen LogP contribution >= 0.6 is 24.0 Å². The number of aryl methyl sites for hydroxylation is 2. The Morgan fingerprint density at radius 3 is 2.50 bits per heavy atom. The molecule has 1 heterocycles. The molecule has 1 aliphatic heterocycles. The number of halogens is 1. The fourth-order valence-corrected chi connectivity index (χ4v) is 3.63. The van der Waals surface area contributed by atoms with Crippen molar-refractivity contribution in [3.63, 3.8) is 0 Å². The first-order valence-corrected chi connectivity index (χ1v) is 10.8. The molecular formula is C23H40IN3O3. The Bertz CT molecular complexity index is 647. The Hall–Kier alpha value is -1.06. The van der Waals surface area contributed by atoms with Crippen LogP contribution in [0, 0.1) is 20.8 Å². The highest BCUT2D eigenvalue weighted by Crippen LogP contribution is 2.23. The van der Waals surface area contributed by atoms with Crippen molar-refractivity contribution in [2.45, 2.75) is 52.6 Å². The van der Waals surface area contributed by atoms with Crippen LogP contribution in [-0.4, -0.2) is 70.6 Å². The van der Waals surface area contributed by atoms with E-state index in [0.29, 0.717) is 12.7 Å². The summed E-state index contributed by atoms with van der Waals surface area (Å²) in [6, 6.07) is 4.32. The van der Waals surface area contributed by atoms with Gasteiger partial charge in [-0.05, 0) is 69.2 Å². The number of methoxy groups -OCH3 is 1. The van der Waals surface area contributed by atoms with Crippen LogP contribution in [0.5, 0.6) is 5.75 Å². The molecular weight excluding hydrogens is 493 g/mol. The predicted molar refractivity (Wildman–Crippen MR) is 135 cm³/mol. The Kier molecular flexibility index (Phi) is 13.4. The van der Waals surface area contributed by atoms with Crippen LogP contribution < -0.4 is 10.1 Å². The lowest BCUT2D eigenvalue weighted by Gasteiger charge is -2.34. The third-order valence-electron chi connectivity index (χ3n) is 5.43. The zero-order chi connectivity index (χ0) is 21.1. The summed E-state index contributed by atoms with van der Waals surface area (Å²) >= 11 is 0. The molecule has 6 nitrogen and oxygen atoms in total. The van der Waals surface area contributed by atoms with Gasteiger partial charge in [-0.3, -0.25) is 4.99 Å². The number of guanidine groups is 1. The molecule has 30 heavy (non-hydrogen) atoms. The molecule has 0 aliphatic carbocycles. The minimum absolute atomic E-state index is 0. The average molecular weight is 533 g/mol. The number of aliphatic imine (C=N–C) groups is 1. The van der Waals surface area contributed by atoms with Gasteiger partial charge in [-0.15, -0.1) is 24.0 Å². The van der Waals surface area contributed by atoms with Crippen LogP contribution in [0.15, 0.2) is 17.1 Å². The number of rotatable bonds is 10. The molecule has 7 heteroatoms. The van der Waals surface area contributed by atoms with Crippen molar-refractivity contribution in [2.24, 2.45) is 4.99 Å². The molecule has 0 aromatic heterocycles. The molecule has 172 valence electrons. The summed E-state index contributed by atoms with van der Waals surface area (Å²) < 4.78 is 17.0. The maximum Gasteiger partial charge on any atom is 0.193 e. The van der Waals surface area contributed by atoms with Crippen LogP contribution in [0.4, 0.5) is 0 Å². The van der Waals surface area contributed by atoms with Gasteiger partial charge < -0.3 is 24.4 Å². The monoisotopic (exact) mass is 533 g/mol. The lowest BCUT2D eigenvalue weighted by Crippen LogP contribution is -2.47. The van der Waals surface area contributed by atoms with Crippen LogP contribution in [-0.2, 0) is 9.47 Å². The van der Waals surface area contributed by atoms with Gasteiger partial charge in [0.1, 0.15) is 5.75 Å². The number of piperidine rings is 1. The molecule has 1 aromatic rings. The summed E-state index contributed by atoms with van der Waals surface area (Å²) in [5.74, 6) is 1.98. The predicted octanol–water partition coefficient (Wildman–Crippen LogP) is 4.09. The van der Waals surface area contributed by atoms with Crippen LogP contribution in [0.3, 0.4) is 0 Å². The Morgan fingerprint density at radius 2 is 1.83 bits per heavy atom. The molecule has 0 saturated carbocycles. The van der Waals surface area contributed by atoms with E-state index in [4.69, 9.17) is 14.2 Å². The number of likely N-dealkylation sites (tertiary alicyclic amines) is 1. The van der Waals surface area contributed by atoms with Crippen molar-refractivity contribution >= 4 is 29.9 Å². The molecule has 0 amide bonds. The lowest BCUT2D eigenvalue weighted by molar-refractivity contribution is 0.00991. The van der Waals surface area contributed by atoms with Crippen LogP contribution in [0.2, 0.25) is 0 Å². The van der Waals surface area contributed by atoms with Gasteiger partial charge in [0.15, 0.2) is 5.96 Å². The van der Waals surface area contributed by atoms with Crippen molar-refractivity contribution in [1.82, 2.24) is 10.2 Å². The maximum absolute atomic E-state index is 6.01. The van der Waals surface area contributed by atoms with E-state index >= 15 is 0 Å². The highest BCUT2D eigenvalue weighted by molar-refractivity contribution is 14.0. The maximum atomic E-state index is 6.01. The lowest BCUT2D eigenvalue weighted by atomic mass is 10.1. The van der Waals surface area contributed by atoms with Gasteiger partial charge in [0.2, 0.25) is 0 Å². The zero-order valence-electron chi connectivity index (χ0n) is 19.3. The molecule has 1 N–H and O–H groups in total. The van der Waals surface area contributed by atoms with E-state index in [1.807, 2.05) is 7.05 Å². The van der Waals surface area contributed by atoms with Crippen molar-refractivity contribution in [3.05, 3.63) is 28.8 Å². The number of nitrogens with one attached hydrogen (secondary N) is 1. The van der Waals surface area contributed by atoms with Crippen molar-refractivity contribution < 1.29 is 14.2 Å². The number of hydrogen-bond donors (Lipinski definition) is 1. The summed E-state index contributed by atoms with van der Waals surface area (Å²) in [7, 11) is 3.58. The summed E-state index contributed by atoms with van der Waals surface area (Å²) in [5.41, 5.74) is 3.75. The van der Waals surface area contributed by atoms with E-state index in [0.717, 1.165) is 70.2 Å². The van der Waals surface area contributed by atoms with Crippen molar-refractivity contribution in [1.29, 1.82) is 0 Å². The number of benzene rings is 1. The summed E-state index contributed by atoms with van der Waals surface area (Å²) in [6.07, 6.45) is 4.34. The Morgan fingerprint density at radius 1 is 1.10 bits per heavy atom. The standard InChI is InChI=1S/C23H39N3O3.HI/c1-18-16-19(2)20(3)22(17-18)29-14-6-10-25-23(24-4)26-11-8-21(9-12-26)28-15-7-13-27-5;/h16-17,21H,6-15H2,1-5H3,(H,24,25);1H. The zero-order valence-corrected chi connectivity index (χ0v) is 21.7. The Balaban J connectivity index is 0.00000450. The first-order valence-electron chi connectivity index (χ1n) is 10.8. The average Bonchev–Trinajstić information content (AvgIpc) is 2.72. The third kappa shape index (κ3) is 8.98. The SMILES string of the molecule is CN=C(NCCCOc1cc(C)cc(C)c1C)N1CCC(OCCCOC)CC1.I. The quantitative estimate of drug-likeness (QED) is 0.213. The summed E-state index contributed by atoms with van der Waals surface area (Å²) in [4.78, 5) is 6.77. The number of ether oxygens (including phenoxy) is 3. The van der Waals surface area contributed by atoms with Crippen LogP contribution in [0.1, 0.15) is 42.4 Å². The molecule has 2 rings (SSSR count). The first kappa shape index (κ1) is 27.0. The fourth-order valence-electron chi connectivity index (χ4n) is 3.63. The molecule has 0 spiro atoms. The number of nitrogens with zero attached hydrogens (tertiary/aromatic N) is 2. The van der Waals surface area contributed by atoms with Gasteiger partial charge in [-0.25, -0.2) is 0 Å². The molecule has 0 radical (unpaired) electrons. The number of hydrogen-bond acceptors (Lipinski definition) is 4. The highest BCUT2D eigenvalue weighted by atomic mass is 127. The summed E-state index contributed by atoms with van der Waals surface area (Å²) in [6.45, 7) is 11.4. The van der Waals surface area contributed by atoms with Gasteiger partial charge in [-0.1, -0.05) is 6.07 Å². The molecule has 0 atom stereocenters. The van der Waals surface area contributed by atoms with Gasteiger partial charge in [0, 0.05) is 47.0 Å². The molecule has 1 saturated heterocycles. The van der Waals surface area contributed by atoms with Crippen molar-refractivity contribution in [3.8, 4) is 5.75 Å². The third-order valence-corrected chi connectivity index (χ3v) is 5.43. The molecule has 1 aliphatic rings. The van der Waals surface area contributed by atoms with Gasteiger partial charge in [0.25, 0.3) is 0 Å². The van der Waals surface area contributed by atoms with E-state index < -0.39 is 0 Å². The van der Waals surface area contributed by atoms with E-state index in [-0.39, 0.29) is 24.0 Å². The minimum atomic E-state index is 0. The molecule has 0 bridgehead atoms. The largest absolute Gasteiger partial charge is 0.493 e. The Labute approximate surface area is 199 Å². The van der Waals surface area contributed by atoms with E-state index in [1.165, 1.54) is 16.7 Å². The van der Waals surface area contributed by atoms with Gasteiger partial charge in [0.05, 0.1) is 12.7 Å². The molecule has 1 aromatic carbocycles. The smallest absolute Gasteiger partial charge is 0.193 e. The van der Waals surface area contributed by atoms with Crippen molar-refractivity contribution in [2.75, 3.05) is 53.6 Å². The highest BCUT2D eigenvalue weighted by Gasteiger charge is 2.21. The fraction of sp³-hybridized carbons (Fsp3) is 0.696. The molecule has 1 fully saturated rings. The topological polar surface area (TPSA) is 55.3 Å². The van der Waals surface area contributed by atoms with E-state index in [2.05, 4.69) is 48.1 Å². The van der Waals surface area contributed by atoms with Crippen LogP contribution in [0.25, 0.3) is 0 Å².